The molecular formula is C18H16S3. The first kappa shape index (κ1) is 15.7. The molecule has 3 aromatic heterocycles. The van der Waals surface area contributed by atoms with Crippen LogP contribution in [-0.2, 0) is 0 Å². The van der Waals surface area contributed by atoms with Gasteiger partial charge in [0.2, 0.25) is 0 Å². The molecule has 0 aliphatic carbocycles. The first-order chi connectivity index (χ1) is 10.5. The summed E-state index contributed by atoms with van der Waals surface area (Å²) in [5, 5.41) is 8.30. The summed E-state index contributed by atoms with van der Waals surface area (Å²) in [5.41, 5.74) is 0. The summed E-state index contributed by atoms with van der Waals surface area (Å²) < 4.78 is 0. The zero-order valence-electron chi connectivity index (χ0n) is 11.5. The molecule has 0 fully saturated rings. The van der Waals surface area contributed by atoms with E-state index in [0.29, 0.717) is 0 Å². The van der Waals surface area contributed by atoms with E-state index in [4.69, 9.17) is 0 Å². The molecule has 4 rings (SSSR count). The fraction of sp³-hybridized carbons (Fsp3) is 0. The smallest absolute Gasteiger partial charge is 0.0442 e. The number of benzene rings is 1. The summed E-state index contributed by atoms with van der Waals surface area (Å²) in [6.07, 6.45) is 0. The molecule has 0 saturated carbocycles. The number of hydrogen-bond acceptors (Lipinski definition) is 3. The van der Waals surface area contributed by atoms with Gasteiger partial charge < -0.3 is 0 Å². The Bertz CT molecular complexity index is 560. The lowest BCUT2D eigenvalue weighted by Crippen LogP contribution is -1.55. The molecular weight excluding hydrogens is 312 g/mol. The molecule has 1 aromatic carbocycles. The highest BCUT2D eigenvalue weighted by Crippen LogP contribution is 2.28. The quantitative estimate of drug-likeness (QED) is 0.356. The fourth-order valence-corrected chi connectivity index (χ4v) is 3.48. The van der Waals surface area contributed by atoms with Crippen LogP contribution in [0.25, 0.3) is 9.75 Å². The van der Waals surface area contributed by atoms with Gasteiger partial charge in [-0.2, -0.15) is 11.3 Å². The van der Waals surface area contributed by atoms with Crippen LogP contribution in [-0.4, -0.2) is 0 Å². The Labute approximate surface area is 138 Å². The van der Waals surface area contributed by atoms with Gasteiger partial charge in [0.15, 0.2) is 0 Å². The molecule has 0 atom stereocenters. The molecule has 0 unspecified atom stereocenters. The van der Waals surface area contributed by atoms with Crippen LogP contribution in [0.4, 0.5) is 0 Å². The van der Waals surface area contributed by atoms with E-state index < -0.39 is 0 Å². The van der Waals surface area contributed by atoms with Crippen LogP contribution in [0, 0.1) is 0 Å². The minimum absolute atomic E-state index is 1.37. The molecule has 0 nitrogen and oxygen atoms in total. The summed E-state index contributed by atoms with van der Waals surface area (Å²) in [5.74, 6) is 0. The molecule has 106 valence electrons. The lowest BCUT2D eigenvalue weighted by molar-refractivity contribution is 1.72. The maximum atomic E-state index is 2.15. The Morgan fingerprint density at radius 2 is 0.857 bits per heavy atom. The van der Waals surface area contributed by atoms with E-state index in [1.165, 1.54) is 9.75 Å². The first-order valence-corrected chi connectivity index (χ1v) is 9.21. The van der Waals surface area contributed by atoms with E-state index in [0.717, 1.165) is 0 Å². The second kappa shape index (κ2) is 10.1. The molecule has 0 aliphatic rings. The van der Waals surface area contributed by atoms with Crippen LogP contribution in [0.5, 0.6) is 0 Å². The minimum Gasteiger partial charge on any atom is -0.152 e. The molecule has 4 aromatic rings. The minimum atomic E-state index is 1.37. The molecule has 0 aliphatic heterocycles. The predicted octanol–water partition coefficient (Wildman–Crippen LogP) is 6.91. The van der Waals surface area contributed by atoms with Crippen LogP contribution >= 0.6 is 34.0 Å². The molecule has 3 heterocycles. The second-order valence-corrected chi connectivity index (χ2v) is 6.61. The zero-order chi connectivity index (χ0) is 14.6. The van der Waals surface area contributed by atoms with Crippen LogP contribution in [0.2, 0.25) is 0 Å². The van der Waals surface area contributed by atoms with Gasteiger partial charge in [0.05, 0.1) is 0 Å². The third kappa shape index (κ3) is 6.54. The molecule has 0 saturated heterocycles. The fourth-order valence-electron chi connectivity index (χ4n) is 1.45. The summed E-state index contributed by atoms with van der Waals surface area (Å²) in [4.78, 5) is 2.74. The summed E-state index contributed by atoms with van der Waals surface area (Å²) in [6.45, 7) is 0. The van der Waals surface area contributed by atoms with Crippen LogP contribution in [0.1, 0.15) is 0 Å². The third-order valence-corrected chi connectivity index (χ3v) is 4.94. The maximum absolute atomic E-state index is 2.15. The molecule has 0 bridgehead atoms. The van der Waals surface area contributed by atoms with Gasteiger partial charge in [0, 0.05) is 9.75 Å². The standard InChI is InChI=1S/C8H6S2.C6H6.C4H4S/c1-3-7(9-5-1)8-4-2-6-10-8;1-2-4-6-5-3-1;1-2-4-5-3-1/h1-6H;1-6H;1-4H. The van der Waals surface area contributed by atoms with Gasteiger partial charge in [0.25, 0.3) is 0 Å². The molecule has 0 N–H and O–H groups in total. The van der Waals surface area contributed by atoms with Crippen LogP contribution < -0.4 is 0 Å². The summed E-state index contributed by atoms with van der Waals surface area (Å²) >= 11 is 5.30. The van der Waals surface area contributed by atoms with E-state index in [2.05, 4.69) is 35.0 Å². The van der Waals surface area contributed by atoms with Gasteiger partial charge in [-0.3, -0.25) is 0 Å². The van der Waals surface area contributed by atoms with Crippen molar-refractivity contribution in [1.82, 2.24) is 0 Å². The van der Waals surface area contributed by atoms with Crippen molar-refractivity contribution in [3.05, 3.63) is 94.3 Å². The monoisotopic (exact) mass is 328 g/mol. The predicted molar refractivity (Wildman–Crippen MR) is 98.4 cm³/mol. The molecule has 21 heavy (non-hydrogen) atoms. The average molecular weight is 329 g/mol. The van der Waals surface area contributed by atoms with Crippen LogP contribution in [0.3, 0.4) is 0 Å². The van der Waals surface area contributed by atoms with E-state index in [-0.39, 0.29) is 0 Å². The van der Waals surface area contributed by atoms with Crippen molar-refractivity contribution < 1.29 is 0 Å². The Hall–Kier alpha value is -1.68. The Balaban J connectivity index is 0.000000126. The van der Waals surface area contributed by atoms with Crippen molar-refractivity contribution in [2.24, 2.45) is 0 Å². The highest BCUT2D eigenvalue weighted by Gasteiger charge is 1.96. The highest BCUT2D eigenvalue weighted by atomic mass is 32.1. The molecule has 0 amide bonds. The topological polar surface area (TPSA) is 0 Å². The van der Waals surface area contributed by atoms with Gasteiger partial charge in [-0.25, -0.2) is 0 Å². The lowest BCUT2D eigenvalue weighted by Gasteiger charge is -1.84. The SMILES string of the molecule is c1ccccc1.c1ccsc1.c1csc(-c2cccs2)c1. The number of hydrogen-bond donors (Lipinski definition) is 0. The highest BCUT2D eigenvalue weighted by molar-refractivity contribution is 7.20. The molecule has 0 radical (unpaired) electrons. The molecule has 3 heteroatoms. The van der Waals surface area contributed by atoms with Gasteiger partial charge >= 0.3 is 0 Å². The largest absolute Gasteiger partial charge is 0.152 e. The second-order valence-electron chi connectivity index (χ2n) is 3.90. The Morgan fingerprint density at radius 3 is 1.10 bits per heavy atom. The van der Waals surface area contributed by atoms with Gasteiger partial charge in [-0.15, -0.1) is 22.7 Å². The van der Waals surface area contributed by atoms with E-state index in [1.54, 1.807) is 34.0 Å². The van der Waals surface area contributed by atoms with E-state index >= 15 is 0 Å². The van der Waals surface area contributed by atoms with E-state index in [9.17, 15) is 0 Å². The lowest BCUT2D eigenvalue weighted by atomic mass is 10.4. The Morgan fingerprint density at radius 1 is 0.429 bits per heavy atom. The third-order valence-electron chi connectivity index (χ3n) is 2.38. The van der Waals surface area contributed by atoms with Crippen molar-refractivity contribution in [3.63, 3.8) is 0 Å². The van der Waals surface area contributed by atoms with Crippen molar-refractivity contribution in [3.8, 4) is 9.75 Å². The normalized spacial score (nSPS) is 8.95. The zero-order valence-corrected chi connectivity index (χ0v) is 13.9. The van der Waals surface area contributed by atoms with Gasteiger partial charge in [0.1, 0.15) is 0 Å². The van der Waals surface area contributed by atoms with Crippen molar-refractivity contribution in [2.45, 2.75) is 0 Å². The Kier molecular flexibility index (Phi) is 7.56. The average Bonchev–Trinajstić information content (AvgIpc) is 3.33. The summed E-state index contributed by atoms with van der Waals surface area (Å²) in [7, 11) is 0. The maximum Gasteiger partial charge on any atom is 0.0442 e. The van der Waals surface area contributed by atoms with Crippen molar-refractivity contribution in [1.29, 1.82) is 0 Å². The summed E-state index contributed by atoms with van der Waals surface area (Å²) in [6, 6.07) is 24.5. The van der Waals surface area contributed by atoms with Crippen molar-refractivity contribution >= 4 is 34.0 Å². The van der Waals surface area contributed by atoms with Crippen molar-refractivity contribution in [2.75, 3.05) is 0 Å². The van der Waals surface area contributed by atoms with Crippen LogP contribution in [0.15, 0.2) is 94.3 Å². The van der Waals surface area contributed by atoms with Gasteiger partial charge in [-0.05, 0) is 33.7 Å². The number of thiophene rings is 3. The first-order valence-electron chi connectivity index (χ1n) is 6.51. The number of rotatable bonds is 1. The van der Waals surface area contributed by atoms with E-state index in [1.807, 2.05) is 59.3 Å². The molecule has 0 spiro atoms. The van der Waals surface area contributed by atoms with Gasteiger partial charge in [-0.1, -0.05) is 60.7 Å².